The molecule has 3 aromatic rings. The van der Waals surface area contributed by atoms with Crippen LogP contribution in [0.2, 0.25) is 5.02 Å². The highest BCUT2D eigenvalue weighted by Gasteiger charge is 2.30. The molecule has 0 atom stereocenters. The van der Waals surface area contributed by atoms with Gasteiger partial charge in [0.25, 0.3) is 0 Å². The van der Waals surface area contributed by atoms with E-state index in [2.05, 4.69) is 5.10 Å². The summed E-state index contributed by atoms with van der Waals surface area (Å²) in [5, 5.41) is 4.42. The van der Waals surface area contributed by atoms with Crippen LogP contribution in [0.3, 0.4) is 0 Å². The van der Waals surface area contributed by atoms with E-state index in [1.807, 2.05) is 21.1 Å². The molecule has 1 heterocycles. The van der Waals surface area contributed by atoms with E-state index in [0.717, 1.165) is 28.9 Å². The van der Waals surface area contributed by atoms with Crippen LogP contribution in [-0.2, 0) is 22.3 Å². The number of quaternary nitrogens is 1. The topological polar surface area (TPSA) is 83.6 Å². The first-order valence-electron chi connectivity index (χ1n) is 9.95. The molecule has 3 rings (SSSR count). The highest BCUT2D eigenvalue weighted by atomic mass is 35.5. The number of carbonyl (C=O) groups is 1. The van der Waals surface area contributed by atoms with Crippen LogP contribution >= 0.6 is 11.6 Å². The van der Waals surface area contributed by atoms with Gasteiger partial charge in [0.2, 0.25) is 12.7 Å². The Labute approximate surface area is 197 Å². The van der Waals surface area contributed by atoms with Gasteiger partial charge in [-0.2, -0.15) is 17.9 Å². The molecule has 0 N–H and O–H groups in total. The molecular formula is C22H22ClF3N3O5+. The van der Waals surface area contributed by atoms with E-state index < -0.39 is 23.5 Å². The standard InChI is InChI=1S/C22H22ClF3N3O5/c1-29(2,3)12-19(30)33-13-32-18-9-8-17(23)10-15(18)11-28-21(31)34-20(27-28)14-4-6-16(7-5-14)22(24,25)26/h4-10H,11-13H2,1-3H3/q+1. The first kappa shape index (κ1) is 25.3. The monoisotopic (exact) mass is 500 g/mol. The molecule has 1 aromatic heterocycles. The second-order valence-electron chi connectivity index (χ2n) is 8.38. The number of hydrogen-bond donors (Lipinski definition) is 0. The van der Waals surface area contributed by atoms with Gasteiger partial charge >= 0.3 is 17.9 Å². The van der Waals surface area contributed by atoms with Crippen LogP contribution in [-0.4, -0.2) is 54.7 Å². The van der Waals surface area contributed by atoms with Gasteiger partial charge in [0, 0.05) is 16.1 Å². The molecule has 0 aliphatic carbocycles. The Kier molecular flexibility index (Phi) is 7.37. The smallest absolute Gasteiger partial charge is 0.437 e. The van der Waals surface area contributed by atoms with Gasteiger partial charge in [-0.25, -0.2) is 9.59 Å². The Balaban J connectivity index is 1.74. The number of alkyl halides is 3. The predicted molar refractivity (Wildman–Crippen MR) is 116 cm³/mol. The molecule has 12 heteroatoms. The largest absolute Gasteiger partial charge is 0.457 e. The number of rotatable bonds is 8. The summed E-state index contributed by atoms with van der Waals surface area (Å²) < 4.78 is 55.4. The fourth-order valence-corrected chi connectivity index (χ4v) is 3.08. The fraction of sp³-hybridized carbons (Fsp3) is 0.318. The lowest BCUT2D eigenvalue weighted by Crippen LogP contribution is -2.40. The van der Waals surface area contributed by atoms with Crippen molar-refractivity contribution in [2.75, 3.05) is 34.5 Å². The minimum atomic E-state index is -4.48. The summed E-state index contributed by atoms with van der Waals surface area (Å²) in [4.78, 5) is 24.2. The summed E-state index contributed by atoms with van der Waals surface area (Å²) >= 11 is 6.07. The lowest BCUT2D eigenvalue weighted by Gasteiger charge is -2.22. The molecule has 8 nitrogen and oxygen atoms in total. The third-order valence-electron chi connectivity index (χ3n) is 4.45. The number of aromatic nitrogens is 2. The summed E-state index contributed by atoms with van der Waals surface area (Å²) in [6, 6.07) is 8.73. The maximum atomic E-state index is 12.8. The molecule has 182 valence electrons. The van der Waals surface area contributed by atoms with Gasteiger partial charge in [0.15, 0.2) is 6.54 Å². The van der Waals surface area contributed by atoms with Crippen molar-refractivity contribution in [2.24, 2.45) is 0 Å². The summed E-state index contributed by atoms with van der Waals surface area (Å²) in [7, 11) is 5.52. The van der Waals surface area contributed by atoms with E-state index in [9.17, 15) is 22.8 Å². The molecular weight excluding hydrogens is 479 g/mol. The predicted octanol–water partition coefficient (Wildman–Crippen LogP) is 3.81. The molecule has 0 radical (unpaired) electrons. The van der Waals surface area contributed by atoms with Crippen molar-refractivity contribution >= 4 is 17.6 Å². The van der Waals surface area contributed by atoms with Gasteiger partial charge in [0.05, 0.1) is 33.3 Å². The SMILES string of the molecule is C[N+](C)(C)CC(=O)OCOc1ccc(Cl)cc1Cn1nc(-c2ccc(C(F)(F)F)cc2)oc1=O. The molecule has 0 amide bonds. The summed E-state index contributed by atoms with van der Waals surface area (Å²) in [6.07, 6.45) is -4.48. The molecule has 0 saturated heterocycles. The molecule has 0 saturated carbocycles. The number of benzene rings is 2. The van der Waals surface area contributed by atoms with E-state index in [4.69, 9.17) is 25.5 Å². The number of nitrogens with zero attached hydrogens (tertiary/aromatic N) is 3. The molecule has 0 unspecified atom stereocenters. The molecule has 0 aliphatic heterocycles. The van der Waals surface area contributed by atoms with E-state index in [1.54, 1.807) is 18.2 Å². The van der Waals surface area contributed by atoms with Crippen molar-refractivity contribution in [3.63, 3.8) is 0 Å². The Bertz CT molecular complexity index is 1210. The normalized spacial score (nSPS) is 12.0. The fourth-order valence-electron chi connectivity index (χ4n) is 2.89. The van der Waals surface area contributed by atoms with Crippen LogP contribution in [0.4, 0.5) is 13.2 Å². The van der Waals surface area contributed by atoms with Gasteiger partial charge in [-0.05, 0) is 42.5 Å². The minimum absolute atomic E-state index is 0.105. The molecule has 0 aliphatic rings. The van der Waals surface area contributed by atoms with Crippen LogP contribution in [0, 0.1) is 0 Å². The number of esters is 1. The van der Waals surface area contributed by atoms with Crippen molar-refractivity contribution in [3.8, 4) is 17.2 Å². The number of ether oxygens (including phenoxy) is 2. The van der Waals surface area contributed by atoms with Gasteiger partial charge < -0.3 is 18.4 Å². The third-order valence-corrected chi connectivity index (χ3v) is 4.68. The van der Waals surface area contributed by atoms with Crippen LogP contribution in [0.5, 0.6) is 5.75 Å². The molecule has 0 fully saturated rings. The van der Waals surface area contributed by atoms with Crippen LogP contribution < -0.4 is 10.5 Å². The Hall–Kier alpha value is -3.31. The second kappa shape index (κ2) is 9.90. The number of halogens is 4. The van der Waals surface area contributed by atoms with Crippen molar-refractivity contribution in [1.29, 1.82) is 0 Å². The third kappa shape index (κ3) is 6.84. The maximum absolute atomic E-state index is 12.8. The Morgan fingerprint density at radius 2 is 1.82 bits per heavy atom. The summed E-state index contributed by atoms with van der Waals surface area (Å²) in [5.41, 5.74) is -0.180. The number of hydrogen-bond acceptors (Lipinski definition) is 6. The van der Waals surface area contributed by atoms with E-state index in [-0.39, 0.29) is 31.3 Å². The summed E-state index contributed by atoms with van der Waals surface area (Å²) in [5.74, 6) is -1.11. The zero-order valence-electron chi connectivity index (χ0n) is 18.6. The molecule has 2 aromatic carbocycles. The molecule has 34 heavy (non-hydrogen) atoms. The van der Waals surface area contributed by atoms with Gasteiger partial charge in [0.1, 0.15) is 5.75 Å². The highest BCUT2D eigenvalue weighted by molar-refractivity contribution is 6.30. The van der Waals surface area contributed by atoms with E-state index >= 15 is 0 Å². The average Bonchev–Trinajstić information content (AvgIpc) is 3.08. The van der Waals surface area contributed by atoms with Gasteiger partial charge in [-0.1, -0.05) is 11.6 Å². The van der Waals surface area contributed by atoms with E-state index in [1.165, 1.54) is 0 Å². The van der Waals surface area contributed by atoms with Crippen molar-refractivity contribution in [2.45, 2.75) is 12.7 Å². The van der Waals surface area contributed by atoms with E-state index in [0.29, 0.717) is 20.8 Å². The highest BCUT2D eigenvalue weighted by Crippen LogP contribution is 2.30. The maximum Gasteiger partial charge on any atom is 0.437 e. The lowest BCUT2D eigenvalue weighted by molar-refractivity contribution is -0.862. The summed E-state index contributed by atoms with van der Waals surface area (Å²) in [6.45, 7) is -0.304. The number of likely N-dealkylation sites (N-methyl/N-ethyl adjacent to an activating group) is 1. The van der Waals surface area contributed by atoms with Crippen molar-refractivity contribution < 1.29 is 36.3 Å². The van der Waals surface area contributed by atoms with Crippen molar-refractivity contribution in [1.82, 2.24) is 9.78 Å². The molecule has 0 spiro atoms. The van der Waals surface area contributed by atoms with Crippen LogP contribution in [0.1, 0.15) is 11.1 Å². The van der Waals surface area contributed by atoms with Crippen LogP contribution in [0.25, 0.3) is 11.5 Å². The quantitative estimate of drug-likeness (QED) is 0.266. The lowest BCUT2D eigenvalue weighted by atomic mass is 10.1. The zero-order valence-corrected chi connectivity index (χ0v) is 19.3. The minimum Gasteiger partial charge on any atom is -0.457 e. The zero-order chi connectivity index (χ0) is 25.1. The average molecular weight is 501 g/mol. The first-order valence-corrected chi connectivity index (χ1v) is 10.3. The number of carbonyl (C=O) groups excluding carboxylic acids is 1. The van der Waals surface area contributed by atoms with Crippen LogP contribution in [0.15, 0.2) is 51.7 Å². The molecule has 0 bridgehead atoms. The van der Waals surface area contributed by atoms with Gasteiger partial charge in [-0.3, -0.25) is 0 Å². The first-order chi connectivity index (χ1) is 15.8. The Morgan fingerprint density at radius 1 is 1.15 bits per heavy atom. The Morgan fingerprint density at radius 3 is 2.44 bits per heavy atom. The van der Waals surface area contributed by atoms with Crippen molar-refractivity contribution in [3.05, 3.63) is 69.2 Å². The second-order valence-corrected chi connectivity index (χ2v) is 8.82. The van der Waals surface area contributed by atoms with Gasteiger partial charge in [-0.15, -0.1) is 5.10 Å².